The normalized spacial score (nSPS) is 10.0. The third-order valence-corrected chi connectivity index (χ3v) is 3.54. The molecular weight excluding hydrogens is 360 g/mol. The molecule has 0 fully saturated rings. The van der Waals surface area contributed by atoms with Crippen molar-refractivity contribution in [1.29, 1.82) is 0 Å². The molecule has 0 aliphatic carbocycles. The second-order valence-electron chi connectivity index (χ2n) is 5.05. The molecule has 0 aliphatic heterocycles. The highest BCUT2D eigenvalue weighted by atomic mass is 79.9. The van der Waals surface area contributed by atoms with Gasteiger partial charge in [-0.25, -0.2) is 4.79 Å². The zero-order chi connectivity index (χ0) is 16.8. The van der Waals surface area contributed by atoms with Crippen LogP contribution in [0.2, 0.25) is 0 Å². The molecule has 3 amide bonds. The lowest BCUT2D eigenvalue weighted by Gasteiger charge is -2.12. The van der Waals surface area contributed by atoms with Crippen LogP contribution >= 0.6 is 15.9 Å². The first-order chi connectivity index (χ1) is 11.0. The largest absolute Gasteiger partial charge is 0.332 e. The highest BCUT2D eigenvalue weighted by Crippen LogP contribution is 2.15. The fourth-order valence-electron chi connectivity index (χ4n) is 1.78. The molecule has 0 spiro atoms. The van der Waals surface area contributed by atoms with Gasteiger partial charge in [0, 0.05) is 36.0 Å². The van der Waals surface area contributed by atoms with Crippen LogP contribution in [0.15, 0.2) is 47.1 Å². The minimum Gasteiger partial charge on any atom is -0.332 e. The zero-order valence-electron chi connectivity index (χ0n) is 12.8. The van der Waals surface area contributed by atoms with Crippen molar-refractivity contribution >= 4 is 33.6 Å². The van der Waals surface area contributed by atoms with Crippen LogP contribution in [0.5, 0.6) is 0 Å². The van der Waals surface area contributed by atoms with Crippen molar-refractivity contribution in [2.24, 2.45) is 0 Å². The lowest BCUT2D eigenvalue weighted by molar-refractivity contribution is 0.102. The molecule has 0 bridgehead atoms. The Morgan fingerprint density at radius 2 is 1.87 bits per heavy atom. The molecule has 0 aliphatic rings. The molecule has 23 heavy (non-hydrogen) atoms. The first kappa shape index (κ1) is 17.0. The molecule has 0 atom stereocenters. The van der Waals surface area contributed by atoms with E-state index < -0.39 is 0 Å². The van der Waals surface area contributed by atoms with Crippen molar-refractivity contribution in [3.05, 3.63) is 58.3 Å². The van der Waals surface area contributed by atoms with Gasteiger partial charge in [-0.3, -0.25) is 9.78 Å². The lowest BCUT2D eigenvalue weighted by atomic mass is 10.2. The summed E-state index contributed by atoms with van der Waals surface area (Å²) < 4.78 is 0.943. The summed E-state index contributed by atoms with van der Waals surface area (Å²) in [6, 6.07) is 10.4. The Morgan fingerprint density at radius 1 is 1.17 bits per heavy atom. The average molecular weight is 377 g/mol. The summed E-state index contributed by atoms with van der Waals surface area (Å²) in [5, 5.41) is 5.52. The Bertz CT molecular complexity index is 701. The van der Waals surface area contributed by atoms with Crippen molar-refractivity contribution in [3.8, 4) is 0 Å². The molecule has 2 N–H and O–H groups in total. The van der Waals surface area contributed by atoms with Crippen LogP contribution < -0.4 is 10.6 Å². The first-order valence-electron chi connectivity index (χ1n) is 6.92. The fraction of sp³-hybridized carbons (Fsp3) is 0.188. The number of nitrogens with one attached hydrogen (secondary N) is 2. The van der Waals surface area contributed by atoms with Gasteiger partial charge in [-0.15, -0.1) is 0 Å². The van der Waals surface area contributed by atoms with Crippen molar-refractivity contribution < 1.29 is 9.59 Å². The second kappa shape index (κ2) is 7.73. The molecule has 0 saturated heterocycles. The van der Waals surface area contributed by atoms with E-state index in [0.29, 0.717) is 16.9 Å². The molecular formula is C16H17BrN4O2. The molecule has 2 aromatic rings. The van der Waals surface area contributed by atoms with Gasteiger partial charge in [0.2, 0.25) is 0 Å². The topological polar surface area (TPSA) is 74.3 Å². The predicted molar refractivity (Wildman–Crippen MR) is 92.3 cm³/mol. The van der Waals surface area contributed by atoms with Gasteiger partial charge in [0.1, 0.15) is 0 Å². The lowest BCUT2D eigenvalue weighted by Crippen LogP contribution is -2.34. The minimum absolute atomic E-state index is 0.212. The molecule has 120 valence electrons. The zero-order valence-corrected chi connectivity index (χ0v) is 14.4. The van der Waals surface area contributed by atoms with Crippen molar-refractivity contribution in [3.63, 3.8) is 0 Å². The van der Waals surface area contributed by atoms with E-state index in [4.69, 9.17) is 0 Å². The maximum Gasteiger partial charge on any atom is 0.317 e. The molecule has 0 unspecified atom stereocenters. The highest BCUT2D eigenvalue weighted by Gasteiger charge is 2.09. The van der Waals surface area contributed by atoms with Crippen LogP contribution in [-0.2, 0) is 6.54 Å². The van der Waals surface area contributed by atoms with Crippen molar-refractivity contribution in [2.45, 2.75) is 6.54 Å². The SMILES string of the molecule is CN(C)C(=O)NCc1cc(C(=O)Nc2ccc(Br)cc2)ccn1. The van der Waals surface area contributed by atoms with Gasteiger partial charge in [-0.05, 0) is 36.4 Å². The minimum atomic E-state index is -0.227. The number of carbonyl (C=O) groups is 2. The van der Waals surface area contributed by atoms with Crippen molar-refractivity contribution in [2.75, 3.05) is 19.4 Å². The molecule has 1 heterocycles. The Balaban J connectivity index is 2.02. The Kier molecular flexibility index (Phi) is 5.70. The number of hydrogen-bond donors (Lipinski definition) is 2. The van der Waals surface area contributed by atoms with E-state index in [1.807, 2.05) is 12.1 Å². The fourth-order valence-corrected chi connectivity index (χ4v) is 2.04. The van der Waals surface area contributed by atoms with Gasteiger partial charge in [0.25, 0.3) is 5.91 Å². The maximum absolute atomic E-state index is 12.3. The Morgan fingerprint density at radius 3 is 2.52 bits per heavy atom. The van der Waals surface area contributed by atoms with Crippen LogP contribution in [0.3, 0.4) is 0 Å². The van der Waals surface area contributed by atoms with Crippen molar-refractivity contribution in [1.82, 2.24) is 15.2 Å². The van der Waals surface area contributed by atoms with Crippen LogP contribution in [-0.4, -0.2) is 35.9 Å². The summed E-state index contributed by atoms with van der Waals surface area (Å²) in [5.74, 6) is -0.227. The van der Waals surface area contributed by atoms with Gasteiger partial charge in [0.15, 0.2) is 0 Å². The van der Waals surface area contributed by atoms with Gasteiger partial charge in [0.05, 0.1) is 12.2 Å². The van der Waals surface area contributed by atoms with E-state index in [0.717, 1.165) is 4.47 Å². The summed E-state index contributed by atoms with van der Waals surface area (Å²) >= 11 is 3.35. The summed E-state index contributed by atoms with van der Waals surface area (Å²) in [4.78, 5) is 29.3. The third kappa shape index (κ3) is 5.07. The number of pyridine rings is 1. The number of carbonyl (C=O) groups excluding carboxylic acids is 2. The van der Waals surface area contributed by atoms with Crippen LogP contribution in [0.25, 0.3) is 0 Å². The molecule has 1 aromatic heterocycles. The Hall–Kier alpha value is -2.41. The predicted octanol–water partition coefficient (Wildman–Crippen LogP) is 2.87. The molecule has 0 saturated carbocycles. The van der Waals surface area contributed by atoms with E-state index >= 15 is 0 Å². The van der Waals surface area contributed by atoms with Gasteiger partial charge < -0.3 is 15.5 Å². The van der Waals surface area contributed by atoms with E-state index in [1.165, 1.54) is 4.90 Å². The number of nitrogens with zero attached hydrogens (tertiary/aromatic N) is 2. The number of amides is 3. The maximum atomic E-state index is 12.3. The third-order valence-electron chi connectivity index (χ3n) is 3.01. The molecule has 6 nitrogen and oxygen atoms in total. The molecule has 1 aromatic carbocycles. The number of halogens is 1. The van der Waals surface area contributed by atoms with E-state index in [1.54, 1.807) is 44.6 Å². The monoisotopic (exact) mass is 376 g/mol. The number of anilines is 1. The van der Waals surface area contributed by atoms with Gasteiger partial charge in [-0.1, -0.05) is 15.9 Å². The van der Waals surface area contributed by atoms with Gasteiger partial charge in [-0.2, -0.15) is 0 Å². The summed E-state index contributed by atoms with van der Waals surface area (Å²) in [6.07, 6.45) is 1.55. The van der Waals surface area contributed by atoms with E-state index in [-0.39, 0.29) is 18.5 Å². The Labute approximate surface area is 143 Å². The van der Waals surface area contributed by atoms with Gasteiger partial charge >= 0.3 is 6.03 Å². The summed E-state index contributed by atoms with van der Waals surface area (Å²) in [5.41, 5.74) is 1.80. The smallest absolute Gasteiger partial charge is 0.317 e. The number of benzene rings is 1. The standard InChI is InChI=1S/C16H17BrN4O2/c1-21(2)16(23)19-10-14-9-11(7-8-18-14)15(22)20-13-5-3-12(17)4-6-13/h3-9H,10H2,1-2H3,(H,19,23)(H,20,22). The quantitative estimate of drug-likeness (QED) is 0.861. The average Bonchev–Trinajstić information content (AvgIpc) is 2.54. The number of rotatable bonds is 4. The highest BCUT2D eigenvalue weighted by molar-refractivity contribution is 9.10. The number of urea groups is 1. The first-order valence-corrected chi connectivity index (χ1v) is 7.72. The van der Waals surface area contributed by atoms with Crippen LogP contribution in [0.1, 0.15) is 16.1 Å². The van der Waals surface area contributed by atoms with E-state index in [9.17, 15) is 9.59 Å². The molecule has 7 heteroatoms. The number of aromatic nitrogens is 1. The summed E-state index contributed by atoms with van der Waals surface area (Å²) in [6.45, 7) is 0.260. The van der Waals surface area contributed by atoms with E-state index in [2.05, 4.69) is 31.5 Å². The summed E-state index contributed by atoms with van der Waals surface area (Å²) in [7, 11) is 3.32. The molecule has 2 rings (SSSR count). The number of hydrogen-bond acceptors (Lipinski definition) is 3. The van der Waals surface area contributed by atoms with Crippen LogP contribution in [0.4, 0.5) is 10.5 Å². The van der Waals surface area contributed by atoms with Crippen LogP contribution in [0, 0.1) is 0 Å². The second-order valence-corrected chi connectivity index (χ2v) is 5.97. The molecule has 0 radical (unpaired) electrons.